The quantitative estimate of drug-likeness (QED) is 0.859. The van der Waals surface area contributed by atoms with Gasteiger partial charge in [0.2, 0.25) is 5.91 Å². The molecule has 3 N–H and O–H groups in total. The summed E-state index contributed by atoms with van der Waals surface area (Å²) in [5.74, 6) is -0.291. The zero-order valence-corrected chi connectivity index (χ0v) is 10.4. The molecule has 18 heavy (non-hydrogen) atoms. The Kier molecular flexibility index (Phi) is 3.97. The second-order valence-corrected chi connectivity index (χ2v) is 5.15. The van der Waals surface area contributed by atoms with Gasteiger partial charge in [-0.25, -0.2) is 4.39 Å². The van der Waals surface area contributed by atoms with Gasteiger partial charge in [-0.05, 0) is 30.5 Å². The molecule has 1 amide bonds. The fraction of sp³-hybridized carbons (Fsp3) is 0.500. The van der Waals surface area contributed by atoms with Crippen molar-refractivity contribution in [2.75, 3.05) is 0 Å². The molecule has 1 aliphatic rings. The van der Waals surface area contributed by atoms with Gasteiger partial charge in [0, 0.05) is 18.5 Å². The molecular weight excluding hydrogens is 231 g/mol. The lowest BCUT2D eigenvalue weighted by molar-refractivity contribution is -0.122. The van der Waals surface area contributed by atoms with Crippen LogP contribution in [0.5, 0.6) is 0 Å². The number of benzene rings is 1. The van der Waals surface area contributed by atoms with Crippen LogP contribution in [0.4, 0.5) is 4.39 Å². The maximum absolute atomic E-state index is 12.7. The first-order valence-corrected chi connectivity index (χ1v) is 6.37. The normalized spacial score (nSPS) is 17.7. The summed E-state index contributed by atoms with van der Waals surface area (Å²) >= 11 is 0. The number of carbonyl (C=O) groups is 1. The van der Waals surface area contributed by atoms with Gasteiger partial charge in [0.05, 0.1) is 0 Å². The molecule has 1 aromatic rings. The zero-order chi connectivity index (χ0) is 13.0. The van der Waals surface area contributed by atoms with Gasteiger partial charge >= 0.3 is 0 Å². The third-order valence-electron chi connectivity index (χ3n) is 3.51. The highest BCUT2D eigenvalue weighted by Gasteiger charge is 2.31. The predicted octanol–water partition coefficient (Wildman–Crippen LogP) is 2.10. The van der Waals surface area contributed by atoms with Crippen molar-refractivity contribution < 1.29 is 9.18 Å². The number of carbonyl (C=O) groups excluding carboxylic acids is 1. The van der Waals surface area contributed by atoms with Crippen LogP contribution >= 0.6 is 0 Å². The van der Waals surface area contributed by atoms with Crippen molar-refractivity contribution in [1.29, 1.82) is 0 Å². The molecule has 98 valence electrons. The second kappa shape index (κ2) is 5.48. The summed E-state index contributed by atoms with van der Waals surface area (Å²) < 4.78 is 12.7. The third kappa shape index (κ3) is 3.53. The van der Waals surface area contributed by atoms with E-state index in [-0.39, 0.29) is 17.3 Å². The van der Waals surface area contributed by atoms with Gasteiger partial charge in [-0.3, -0.25) is 4.79 Å². The monoisotopic (exact) mass is 250 g/mol. The van der Waals surface area contributed by atoms with E-state index in [2.05, 4.69) is 5.32 Å². The first-order valence-electron chi connectivity index (χ1n) is 6.37. The Labute approximate surface area is 107 Å². The number of nitrogens with one attached hydrogen (secondary N) is 1. The van der Waals surface area contributed by atoms with E-state index < -0.39 is 0 Å². The van der Waals surface area contributed by atoms with Crippen LogP contribution in [-0.2, 0) is 11.3 Å². The van der Waals surface area contributed by atoms with E-state index in [1.807, 2.05) is 0 Å². The highest BCUT2D eigenvalue weighted by Crippen LogP contribution is 2.29. The van der Waals surface area contributed by atoms with Crippen LogP contribution < -0.4 is 11.1 Å². The molecule has 0 radical (unpaired) electrons. The standard InChI is InChI=1S/C14H19FN2O/c15-12-5-3-11(4-6-12)10-17-13(18)9-14(16)7-1-2-8-14/h3-6H,1-2,7-10,16H2,(H,17,18). The van der Waals surface area contributed by atoms with Crippen molar-refractivity contribution in [2.45, 2.75) is 44.2 Å². The highest BCUT2D eigenvalue weighted by molar-refractivity contribution is 5.77. The number of hydrogen-bond donors (Lipinski definition) is 2. The average Bonchev–Trinajstić information content (AvgIpc) is 2.75. The SMILES string of the molecule is NC1(CC(=O)NCc2ccc(F)cc2)CCCC1. The maximum Gasteiger partial charge on any atom is 0.222 e. The van der Waals surface area contributed by atoms with Gasteiger partial charge in [0.25, 0.3) is 0 Å². The minimum Gasteiger partial charge on any atom is -0.352 e. The molecule has 0 unspecified atom stereocenters. The summed E-state index contributed by atoms with van der Waals surface area (Å²) in [5, 5.41) is 2.83. The van der Waals surface area contributed by atoms with Crippen LogP contribution in [-0.4, -0.2) is 11.4 Å². The van der Waals surface area contributed by atoms with Crippen LogP contribution in [0.3, 0.4) is 0 Å². The molecule has 0 bridgehead atoms. The summed E-state index contributed by atoms with van der Waals surface area (Å²) in [6.07, 6.45) is 4.46. The Morgan fingerprint density at radius 1 is 1.28 bits per heavy atom. The van der Waals surface area contributed by atoms with Gasteiger partial charge in [-0.1, -0.05) is 25.0 Å². The molecule has 2 rings (SSSR count). The average molecular weight is 250 g/mol. The van der Waals surface area contributed by atoms with Crippen LogP contribution in [0.25, 0.3) is 0 Å². The summed E-state index contributed by atoms with van der Waals surface area (Å²) in [5.41, 5.74) is 6.72. The number of nitrogens with two attached hydrogens (primary N) is 1. The van der Waals surface area contributed by atoms with E-state index in [9.17, 15) is 9.18 Å². The van der Waals surface area contributed by atoms with Gasteiger partial charge in [-0.2, -0.15) is 0 Å². The van der Waals surface area contributed by atoms with Crippen LogP contribution in [0.2, 0.25) is 0 Å². The molecule has 4 heteroatoms. The topological polar surface area (TPSA) is 55.1 Å². The number of halogens is 1. The molecule has 0 aromatic heterocycles. The predicted molar refractivity (Wildman–Crippen MR) is 68.3 cm³/mol. The molecule has 0 heterocycles. The van der Waals surface area contributed by atoms with Crippen LogP contribution in [0.1, 0.15) is 37.7 Å². The van der Waals surface area contributed by atoms with Gasteiger partial charge in [0.15, 0.2) is 0 Å². The highest BCUT2D eigenvalue weighted by atomic mass is 19.1. The Bertz CT molecular complexity index is 410. The van der Waals surface area contributed by atoms with Crippen LogP contribution in [0.15, 0.2) is 24.3 Å². The smallest absolute Gasteiger partial charge is 0.222 e. The van der Waals surface area contributed by atoms with Crippen LogP contribution in [0, 0.1) is 5.82 Å². The van der Waals surface area contributed by atoms with Crippen molar-refractivity contribution in [3.8, 4) is 0 Å². The van der Waals surface area contributed by atoms with Crippen molar-refractivity contribution >= 4 is 5.91 Å². The van der Waals surface area contributed by atoms with E-state index in [0.717, 1.165) is 31.2 Å². The number of amides is 1. The number of hydrogen-bond acceptors (Lipinski definition) is 2. The number of rotatable bonds is 4. The molecule has 1 saturated carbocycles. The largest absolute Gasteiger partial charge is 0.352 e. The first-order chi connectivity index (χ1) is 8.57. The molecule has 0 atom stereocenters. The van der Waals surface area contributed by atoms with E-state index in [0.29, 0.717) is 13.0 Å². The van der Waals surface area contributed by atoms with Crippen molar-refractivity contribution in [2.24, 2.45) is 5.73 Å². The maximum atomic E-state index is 12.7. The van der Waals surface area contributed by atoms with E-state index >= 15 is 0 Å². The molecule has 1 aliphatic carbocycles. The second-order valence-electron chi connectivity index (χ2n) is 5.15. The summed E-state index contributed by atoms with van der Waals surface area (Å²) in [6, 6.07) is 6.12. The lowest BCUT2D eigenvalue weighted by atomic mass is 9.94. The lowest BCUT2D eigenvalue weighted by Gasteiger charge is -2.22. The molecule has 0 saturated heterocycles. The molecule has 0 spiro atoms. The molecule has 3 nitrogen and oxygen atoms in total. The lowest BCUT2D eigenvalue weighted by Crippen LogP contribution is -2.41. The Morgan fingerprint density at radius 3 is 2.50 bits per heavy atom. The van der Waals surface area contributed by atoms with E-state index in [1.165, 1.54) is 12.1 Å². The van der Waals surface area contributed by atoms with Crippen molar-refractivity contribution in [3.63, 3.8) is 0 Å². The summed E-state index contributed by atoms with van der Waals surface area (Å²) in [4.78, 5) is 11.8. The summed E-state index contributed by atoms with van der Waals surface area (Å²) in [6.45, 7) is 0.426. The van der Waals surface area contributed by atoms with Crippen molar-refractivity contribution in [3.05, 3.63) is 35.6 Å². The minimum absolute atomic E-state index is 0.0243. The minimum atomic E-state index is -0.313. The Hall–Kier alpha value is -1.42. The van der Waals surface area contributed by atoms with Gasteiger partial charge < -0.3 is 11.1 Å². The molecule has 1 aromatic carbocycles. The fourth-order valence-corrected chi connectivity index (χ4v) is 2.44. The van der Waals surface area contributed by atoms with Gasteiger partial charge in [-0.15, -0.1) is 0 Å². The Morgan fingerprint density at radius 2 is 1.89 bits per heavy atom. The fourth-order valence-electron chi connectivity index (χ4n) is 2.44. The third-order valence-corrected chi connectivity index (χ3v) is 3.51. The molecule has 1 fully saturated rings. The Balaban J connectivity index is 1.79. The van der Waals surface area contributed by atoms with Crippen molar-refractivity contribution in [1.82, 2.24) is 5.32 Å². The van der Waals surface area contributed by atoms with E-state index in [1.54, 1.807) is 12.1 Å². The van der Waals surface area contributed by atoms with Gasteiger partial charge in [0.1, 0.15) is 5.82 Å². The zero-order valence-electron chi connectivity index (χ0n) is 10.4. The first kappa shape index (κ1) is 13.0. The van der Waals surface area contributed by atoms with E-state index in [4.69, 9.17) is 5.73 Å². The molecule has 0 aliphatic heterocycles. The summed E-state index contributed by atoms with van der Waals surface area (Å²) in [7, 11) is 0. The molecular formula is C14H19FN2O.